The summed E-state index contributed by atoms with van der Waals surface area (Å²) in [5.41, 5.74) is 2.57. The van der Waals surface area contributed by atoms with Crippen LogP contribution in [0.5, 0.6) is 0 Å². The summed E-state index contributed by atoms with van der Waals surface area (Å²) in [5, 5.41) is 3.55. The van der Waals surface area contributed by atoms with Gasteiger partial charge in [0.2, 0.25) is 0 Å². The Bertz CT molecular complexity index is 517. The molecule has 2 heteroatoms. The summed E-state index contributed by atoms with van der Waals surface area (Å²) in [6, 6.07) is 17.4. The molecule has 0 saturated carbocycles. The lowest BCUT2D eigenvalue weighted by Gasteiger charge is -2.42. The Hall–Kier alpha value is -1.41. The number of rotatable bonds is 1. The molecule has 0 saturated heterocycles. The zero-order valence-corrected chi connectivity index (χ0v) is 11.1. The summed E-state index contributed by atoms with van der Waals surface area (Å²) in [7, 11) is -0.859. The highest BCUT2D eigenvalue weighted by molar-refractivity contribution is 8.33. The molecule has 1 nitrogen and oxygen atoms in total. The normalized spacial score (nSPS) is 17.5. The van der Waals surface area contributed by atoms with Gasteiger partial charge in [0.15, 0.2) is 0 Å². The molecule has 1 N–H and O–H groups in total. The molecular formula is C15H17NS. The van der Waals surface area contributed by atoms with Crippen molar-refractivity contribution in [2.45, 2.75) is 16.7 Å². The predicted octanol–water partition coefficient (Wildman–Crippen LogP) is 4.62. The molecule has 0 fully saturated rings. The monoisotopic (exact) mass is 243 g/mol. The minimum absolute atomic E-state index is 0.859. The summed E-state index contributed by atoms with van der Waals surface area (Å²) in [5.74, 6) is 1.20. The van der Waals surface area contributed by atoms with Crippen LogP contribution in [0.15, 0.2) is 58.3 Å². The lowest BCUT2D eigenvalue weighted by atomic mass is 10.2. The highest BCUT2D eigenvalue weighted by Crippen LogP contribution is 2.66. The lowest BCUT2D eigenvalue weighted by molar-refractivity contribution is 1.25. The lowest BCUT2D eigenvalue weighted by Crippen LogP contribution is -2.12. The standard InChI is InChI=1S/C15H17NS/c1-3-17(2)14-10-6-4-8-12(14)16-13-9-5-7-11-15(13)17/h4-11,16H,3H2,1-2H3. The second-order valence-corrected chi connectivity index (χ2v) is 8.13. The van der Waals surface area contributed by atoms with Crippen molar-refractivity contribution < 1.29 is 0 Å². The van der Waals surface area contributed by atoms with Gasteiger partial charge in [-0.05, 0) is 36.3 Å². The average Bonchev–Trinajstić information content (AvgIpc) is 2.39. The Labute approximate surface area is 104 Å². The third-order valence-corrected chi connectivity index (χ3v) is 7.40. The molecule has 1 aliphatic heterocycles. The first-order valence-corrected chi connectivity index (χ1v) is 8.18. The van der Waals surface area contributed by atoms with E-state index in [4.69, 9.17) is 0 Å². The van der Waals surface area contributed by atoms with Crippen molar-refractivity contribution in [3.05, 3.63) is 48.5 Å². The number of benzene rings is 2. The fourth-order valence-electron chi connectivity index (χ4n) is 2.50. The first kappa shape index (κ1) is 10.7. The molecule has 0 aliphatic carbocycles. The second kappa shape index (κ2) is 3.81. The molecule has 0 unspecified atom stereocenters. The van der Waals surface area contributed by atoms with Crippen LogP contribution in [0.2, 0.25) is 0 Å². The summed E-state index contributed by atoms with van der Waals surface area (Å²) >= 11 is 0. The van der Waals surface area contributed by atoms with Crippen molar-refractivity contribution in [1.82, 2.24) is 0 Å². The summed E-state index contributed by atoms with van der Waals surface area (Å²) in [4.78, 5) is 2.97. The maximum Gasteiger partial charge on any atom is 0.0510 e. The van der Waals surface area contributed by atoms with E-state index >= 15 is 0 Å². The van der Waals surface area contributed by atoms with Crippen LogP contribution in [-0.2, 0) is 0 Å². The predicted molar refractivity (Wildman–Crippen MR) is 76.8 cm³/mol. The van der Waals surface area contributed by atoms with Gasteiger partial charge in [0.25, 0.3) is 0 Å². The van der Waals surface area contributed by atoms with E-state index in [-0.39, 0.29) is 0 Å². The van der Waals surface area contributed by atoms with Gasteiger partial charge in [-0.25, -0.2) is 0 Å². The molecular weight excluding hydrogens is 226 g/mol. The van der Waals surface area contributed by atoms with Crippen LogP contribution < -0.4 is 5.32 Å². The SMILES string of the molecule is CCS1(C)c2ccccc2Nc2ccccc21. The van der Waals surface area contributed by atoms with Crippen LogP contribution in [0.1, 0.15) is 6.92 Å². The number of nitrogens with one attached hydrogen (secondary N) is 1. The van der Waals surface area contributed by atoms with E-state index < -0.39 is 10.0 Å². The number of hydrogen-bond acceptors (Lipinski definition) is 1. The molecule has 0 radical (unpaired) electrons. The zero-order chi connectivity index (χ0) is 11.9. The summed E-state index contributed by atoms with van der Waals surface area (Å²) in [6.45, 7) is 2.30. The Morgan fingerprint density at radius 3 is 1.82 bits per heavy atom. The summed E-state index contributed by atoms with van der Waals surface area (Å²) < 4.78 is 0. The molecule has 0 spiro atoms. The van der Waals surface area contributed by atoms with Crippen LogP contribution in [0.25, 0.3) is 0 Å². The fraction of sp³-hybridized carbons (Fsp3) is 0.200. The average molecular weight is 243 g/mol. The first-order valence-electron chi connectivity index (χ1n) is 5.97. The Kier molecular flexibility index (Phi) is 2.40. The third kappa shape index (κ3) is 1.48. The van der Waals surface area contributed by atoms with Crippen LogP contribution in [0.3, 0.4) is 0 Å². The van der Waals surface area contributed by atoms with E-state index in [1.807, 2.05) is 0 Å². The molecule has 0 bridgehead atoms. The van der Waals surface area contributed by atoms with E-state index in [0.29, 0.717) is 0 Å². The van der Waals surface area contributed by atoms with Crippen molar-refractivity contribution >= 4 is 21.4 Å². The smallest absolute Gasteiger partial charge is 0.0510 e. The highest BCUT2D eigenvalue weighted by atomic mass is 32.3. The van der Waals surface area contributed by atoms with E-state index in [9.17, 15) is 0 Å². The van der Waals surface area contributed by atoms with Crippen molar-refractivity contribution in [3.63, 3.8) is 0 Å². The van der Waals surface area contributed by atoms with Gasteiger partial charge < -0.3 is 5.32 Å². The van der Waals surface area contributed by atoms with Gasteiger partial charge in [-0.15, -0.1) is 0 Å². The van der Waals surface area contributed by atoms with Gasteiger partial charge in [0.1, 0.15) is 0 Å². The van der Waals surface area contributed by atoms with Crippen molar-refractivity contribution in [2.75, 3.05) is 17.3 Å². The maximum atomic E-state index is 3.55. The molecule has 0 aromatic heterocycles. The van der Waals surface area contributed by atoms with Crippen LogP contribution in [-0.4, -0.2) is 12.0 Å². The molecule has 0 amide bonds. The Morgan fingerprint density at radius 2 is 1.35 bits per heavy atom. The Morgan fingerprint density at radius 1 is 0.882 bits per heavy atom. The van der Waals surface area contributed by atoms with E-state index in [1.54, 1.807) is 0 Å². The van der Waals surface area contributed by atoms with Gasteiger partial charge in [0.05, 0.1) is 11.4 Å². The molecule has 2 aromatic carbocycles. The number of anilines is 2. The van der Waals surface area contributed by atoms with Crippen molar-refractivity contribution in [1.29, 1.82) is 0 Å². The molecule has 0 atom stereocenters. The van der Waals surface area contributed by atoms with Gasteiger partial charge in [-0.1, -0.05) is 31.2 Å². The van der Waals surface area contributed by atoms with Crippen LogP contribution in [0, 0.1) is 0 Å². The zero-order valence-electron chi connectivity index (χ0n) is 10.2. The maximum absolute atomic E-state index is 3.55. The third-order valence-electron chi connectivity index (χ3n) is 3.59. The van der Waals surface area contributed by atoms with Gasteiger partial charge in [0, 0.05) is 9.79 Å². The molecule has 1 aliphatic rings. The second-order valence-electron chi connectivity index (χ2n) is 4.49. The van der Waals surface area contributed by atoms with Gasteiger partial charge in [-0.3, -0.25) is 0 Å². The molecule has 3 rings (SSSR count). The molecule has 17 heavy (non-hydrogen) atoms. The number of fused-ring (bicyclic) bond motifs is 2. The van der Waals surface area contributed by atoms with Crippen molar-refractivity contribution in [2.24, 2.45) is 0 Å². The largest absolute Gasteiger partial charge is 0.354 e. The van der Waals surface area contributed by atoms with E-state index in [0.717, 1.165) is 0 Å². The van der Waals surface area contributed by atoms with Gasteiger partial charge >= 0.3 is 0 Å². The fourth-order valence-corrected chi connectivity index (χ4v) is 5.33. The summed E-state index contributed by atoms with van der Waals surface area (Å²) in [6.07, 6.45) is 2.42. The quantitative estimate of drug-likeness (QED) is 0.771. The van der Waals surface area contributed by atoms with Gasteiger partial charge in [-0.2, -0.15) is 10.0 Å². The molecule has 88 valence electrons. The minimum atomic E-state index is -0.859. The molecule has 1 heterocycles. The minimum Gasteiger partial charge on any atom is -0.354 e. The number of hydrogen-bond donors (Lipinski definition) is 1. The van der Waals surface area contributed by atoms with E-state index in [1.165, 1.54) is 26.9 Å². The van der Waals surface area contributed by atoms with Crippen LogP contribution in [0.4, 0.5) is 11.4 Å². The topological polar surface area (TPSA) is 12.0 Å². The first-order chi connectivity index (χ1) is 8.25. The van der Waals surface area contributed by atoms with Crippen molar-refractivity contribution in [3.8, 4) is 0 Å². The van der Waals surface area contributed by atoms with Crippen LogP contribution >= 0.6 is 10.0 Å². The number of para-hydroxylation sites is 2. The van der Waals surface area contributed by atoms with E-state index in [2.05, 4.69) is 67.0 Å². The molecule has 2 aromatic rings. The Balaban J connectivity index is 2.28. The highest BCUT2D eigenvalue weighted by Gasteiger charge is 2.30.